The highest BCUT2D eigenvalue weighted by atomic mass is 79.9. The predicted octanol–water partition coefficient (Wildman–Crippen LogP) is 2.58. The highest BCUT2D eigenvalue weighted by molar-refractivity contribution is 9.10. The summed E-state index contributed by atoms with van der Waals surface area (Å²) in [6, 6.07) is 6.60. The number of carbonyl (C=O) groups is 1. The van der Waals surface area contributed by atoms with Crippen LogP contribution in [0, 0.1) is 12.8 Å². The summed E-state index contributed by atoms with van der Waals surface area (Å²) in [5.41, 5.74) is 1.92. The first-order valence-electron chi connectivity index (χ1n) is 6.87. The Kier molecular flexibility index (Phi) is 3.39. The summed E-state index contributed by atoms with van der Waals surface area (Å²) < 4.78 is 1.05. The number of benzene rings is 1. The SMILES string of the molecule is Cc1cc(C(=O)N2C(C)CC3CNCC32)ccc1Br. The van der Waals surface area contributed by atoms with Crippen LogP contribution in [0.15, 0.2) is 22.7 Å². The molecule has 4 heteroatoms. The molecule has 2 fully saturated rings. The molecule has 0 bridgehead atoms. The van der Waals surface area contributed by atoms with Crippen molar-refractivity contribution in [3.05, 3.63) is 33.8 Å². The van der Waals surface area contributed by atoms with E-state index in [0.29, 0.717) is 18.0 Å². The van der Waals surface area contributed by atoms with Crippen molar-refractivity contribution in [2.24, 2.45) is 5.92 Å². The van der Waals surface area contributed by atoms with Crippen LogP contribution in [0.1, 0.15) is 29.3 Å². The number of hydrogen-bond donors (Lipinski definition) is 1. The first-order valence-corrected chi connectivity index (χ1v) is 7.66. The summed E-state index contributed by atoms with van der Waals surface area (Å²) in [6.45, 7) is 6.19. The van der Waals surface area contributed by atoms with Gasteiger partial charge >= 0.3 is 0 Å². The molecule has 3 atom stereocenters. The maximum absolute atomic E-state index is 12.7. The van der Waals surface area contributed by atoms with Gasteiger partial charge in [0.25, 0.3) is 5.91 Å². The molecule has 0 radical (unpaired) electrons. The minimum absolute atomic E-state index is 0.180. The zero-order valence-electron chi connectivity index (χ0n) is 11.3. The quantitative estimate of drug-likeness (QED) is 0.862. The Hall–Kier alpha value is -0.870. The second kappa shape index (κ2) is 4.91. The Bertz CT molecular complexity index is 517. The van der Waals surface area contributed by atoms with Gasteiger partial charge in [0.2, 0.25) is 0 Å². The zero-order valence-corrected chi connectivity index (χ0v) is 12.9. The van der Waals surface area contributed by atoms with Crippen LogP contribution in [-0.4, -0.2) is 36.0 Å². The van der Waals surface area contributed by atoms with E-state index in [9.17, 15) is 4.79 Å². The van der Waals surface area contributed by atoms with E-state index in [1.807, 2.05) is 25.1 Å². The standard InChI is InChI=1S/C15H19BrN2O/c1-9-5-11(3-4-13(9)16)15(19)18-10(2)6-12-7-17-8-14(12)18/h3-5,10,12,14,17H,6-8H2,1-2H3. The van der Waals surface area contributed by atoms with Crippen molar-refractivity contribution in [3.8, 4) is 0 Å². The third-order valence-corrected chi connectivity index (χ3v) is 5.31. The molecule has 3 rings (SSSR count). The molecule has 2 aliphatic rings. The molecule has 2 heterocycles. The van der Waals surface area contributed by atoms with E-state index in [-0.39, 0.29) is 5.91 Å². The molecule has 1 aromatic rings. The van der Waals surface area contributed by atoms with E-state index in [2.05, 4.69) is 33.1 Å². The minimum atomic E-state index is 0.180. The molecule has 0 spiro atoms. The first-order chi connectivity index (χ1) is 9.08. The molecule has 1 N–H and O–H groups in total. The molecule has 0 aliphatic carbocycles. The fourth-order valence-electron chi connectivity index (χ4n) is 3.44. The first kappa shape index (κ1) is 13.1. The number of nitrogens with one attached hydrogen (secondary N) is 1. The summed E-state index contributed by atoms with van der Waals surface area (Å²) >= 11 is 3.48. The van der Waals surface area contributed by atoms with Crippen LogP contribution in [0.2, 0.25) is 0 Å². The lowest BCUT2D eigenvalue weighted by atomic mass is 10.0. The number of amides is 1. The summed E-state index contributed by atoms with van der Waals surface area (Å²) in [4.78, 5) is 14.8. The van der Waals surface area contributed by atoms with Gasteiger partial charge in [-0.3, -0.25) is 4.79 Å². The lowest BCUT2D eigenvalue weighted by molar-refractivity contribution is 0.0682. The average molecular weight is 323 g/mol. The number of carbonyl (C=O) groups excluding carboxylic acids is 1. The normalized spacial score (nSPS) is 29.6. The largest absolute Gasteiger partial charge is 0.331 e. The van der Waals surface area contributed by atoms with E-state index < -0.39 is 0 Å². The molecular formula is C15H19BrN2O. The Morgan fingerprint density at radius 3 is 2.95 bits per heavy atom. The second-order valence-electron chi connectivity index (χ2n) is 5.75. The van der Waals surface area contributed by atoms with Gasteiger partial charge in [-0.2, -0.15) is 0 Å². The van der Waals surface area contributed by atoms with Gasteiger partial charge in [-0.05, 0) is 49.9 Å². The van der Waals surface area contributed by atoms with Gasteiger partial charge in [0.05, 0.1) is 0 Å². The number of rotatable bonds is 1. The Morgan fingerprint density at radius 2 is 2.21 bits per heavy atom. The fraction of sp³-hybridized carbons (Fsp3) is 0.533. The monoisotopic (exact) mass is 322 g/mol. The molecular weight excluding hydrogens is 304 g/mol. The van der Waals surface area contributed by atoms with Gasteiger partial charge < -0.3 is 10.2 Å². The summed E-state index contributed by atoms with van der Waals surface area (Å²) in [6.07, 6.45) is 1.12. The van der Waals surface area contributed by atoms with E-state index in [1.165, 1.54) is 0 Å². The summed E-state index contributed by atoms with van der Waals surface area (Å²) in [5.74, 6) is 0.815. The lowest BCUT2D eigenvalue weighted by Gasteiger charge is -2.28. The average Bonchev–Trinajstić information content (AvgIpc) is 2.91. The molecule has 0 aromatic heterocycles. The topological polar surface area (TPSA) is 32.3 Å². The molecule has 2 aliphatic heterocycles. The fourth-order valence-corrected chi connectivity index (χ4v) is 3.69. The Morgan fingerprint density at radius 1 is 1.42 bits per heavy atom. The van der Waals surface area contributed by atoms with Gasteiger partial charge in [0.15, 0.2) is 0 Å². The van der Waals surface area contributed by atoms with Crippen LogP contribution >= 0.6 is 15.9 Å². The molecule has 0 saturated carbocycles. The molecule has 1 aromatic carbocycles. The van der Waals surface area contributed by atoms with E-state index >= 15 is 0 Å². The number of nitrogens with zero attached hydrogens (tertiary/aromatic N) is 1. The van der Waals surface area contributed by atoms with Crippen LogP contribution in [0.3, 0.4) is 0 Å². The lowest BCUT2D eigenvalue weighted by Crippen LogP contribution is -2.42. The van der Waals surface area contributed by atoms with Crippen LogP contribution in [0.5, 0.6) is 0 Å². The highest BCUT2D eigenvalue weighted by Crippen LogP contribution is 2.33. The number of fused-ring (bicyclic) bond motifs is 1. The van der Waals surface area contributed by atoms with Crippen LogP contribution in [0.4, 0.5) is 0 Å². The molecule has 2 saturated heterocycles. The van der Waals surface area contributed by atoms with Crippen molar-refractivity contribution in [1.29, 1.82) is 0 Å². The van der Waals surface area contributed by atoms with Crippen molar-refractivity contribution < 1.29 is 4.79 Å². The van der Waals surface area contributed by atoms with Crippen molar-refractivity contribution in [1.82, 2.24) is 10.2 Å². The van der Waals surface area contributed by atoms with Gasteiger partial charge in [-0.15, -0.1) is 0 Å². The number of halogens is 1. The van der Waals surface area contributed by atoms with Gasteiger partial charge in [-0.1, -0.05) is 15.9 Å². The second-order valence-corrected chi connectivity index (χ2v) is 6.60. The smallest absolute Gasteiger partial charge is 0.254 e. The van der Waals surface area contributed by atoms with Crippen molar-refractivity contribution in [3.63, 3.8) is 0 Å². The Balaban J connectivity index is 1.88. The number of aryl methyl sites for hydroxylation is 1. The van der Waals surface area contributed by atoms with E-state index in [0.717, 1.165) is 35.1 Å². The number of hydrogen-bond acceptors (Lipinski definition) is 2. The summed E-state index contributed by atoms with van der Waals surface area (Å²) in [5, 5.41) is 3.40. The van der Waals surface area contributed by atoms with Gasteiger partial charge in [-0.25, -0.2) is 0 Å². The summed E-state index contributed by atoms with van der Waals surface area (Å²) in [7, 11) is 0. The van der Waals surface area contributed by atoms with Crippen molar-refractivity contribution >= 4 is 21.8 Å². The van der Waals surface area contributed by atoms with Crippen molar-refractivity contribution in [2.45, 2.75) is 32.4 Å². The van der Waals surface area contributed by atoms with Gasteiger partial charge in [0, 0.05) is 35.2 Å². The van der Waals surface area contributed by atoms with Crippen LogP contribution < -0.4 is 5.32 Å². The minimum Gasteiger partial charge on any atom is -0.331 e. The maximum atomic E-state index is 12.7. The molecule has 19 heavy (non-hydrogen) atoms. The van der Waals surface area contributed by atoms with E-state index in [1.54, 1.807) is 0 Å². The molecule has 102 valence electrons. The zero-order chi connectivity index (χ0) is 13.6. The highest BCUT2D eigenvalue weighted by Gasteiger charge is 2.44. The third kappa shape index (κ3) is 2.21. The Labute approximate surface area is 122 Å². The van der Waals surface area contributed by atoms with E-state index in [4.69, 9.17) is 0 Å². The maximum Gasteiger partial charge on any atom is 0.254 e. The third-order valence-electron chi connectivity index (χ3n) is 4.42. The van der Waals surface area contributed by atoms with Crippen molar-refractivity contribution in [2.75, 3.05) is 13.1 Å². The molecule has 3 nitrogen and oxygen atoms in total. The number of likely N-dealkylation sites (tertiary alicyclic amines) is 1. The predicted molar refractivity (Wildman–Crippen MR) is 79.3 cm³/mol. The molecule has 3 unspecified atom stereocenters. The molecule has 1 amide bonds. The van der Waals surface area contributed by atoms with Crippen LogP contribution in [0.25, 0.3) is 0 Å². The van der Waals surface area contributed by atoms with Crippen LogP contribution in [-0.2, 0) is 0 Å². The van der Waals surface area contributed by atoms with Gasteiger partial charge in [0.1, 0.15) is 0 Å².